The van der Waals surface area contributed by atoms with Crippen molar-refractivity contribution in [3.05, 3.63) is 12.4 Å². The Kier molecular flexibility index (Phi) is 35.5. The predicted octanol–water partition coefficient (Wildman–Crippen LogP) is 16.3. The molecule has 2 heteroatoms. The van der Waals surface area contributed by atoms with Gasteiger partial charge in [0, 0.05) is 25.5 Å². The van der Waals surface area contributed by atoms with Crippen molar-refractivity contribution in [1.29, 1.82) is 0 Å². The van der Waals surface area contributed by atoms with Gasteiger partial charge in [-0.15, -0.1) is 0 Å². The van der Waals surface area contributed by atoms with Crippen LogP contribution in [0.2, 0.25) is 0 Å². The fourth-order valence-electron chi connectivity index (χ4n) is 7.95. The monoisotopic (exact) mass is 673 g/mol. The van der Waals surface area contributed by atoms with Gasteiger partial charge in [0.05, 0.1) is 0 Å². The van der Waals surface area contributed by atoms with Crippen LogP contribution in [0.4, 0.5) is 0 Å². The summed E-state index contributed by atoms with van der Waals surface area (Å²) in [7, 11) is 0. The van der Waals surface area contributed by atoms with Gasteiger partial charge in [-0.3, -0.25) is 0 Å². The third-order valence-electron chi connectivity index (χ3n) is 11.3. The Hall–Kier alpha value is -0.660. The molecule has 1 rings (SSSR count). The molecule has 1 aliphatic heterocycles. The van der Waals surface area contributed by atoms with E-state index in [1.54, 1.807) is 0 Å². The van der Waals surface area contributed by atoms with Crippen molar-refractivity contribution in [3.8, 4) is 0 Å². The molecule has 0 bridgehead atoms. The molecule has 0 aromatic carbocycles. The molecule has 0 aromatic rings. The van der Waals surface area contributed by atoms with E-state index >= 15 is 0 Å². The van der Waals surface area contributed by atoms with E-state index in [4.69, 9.17) is 0 Å². The number of rotatable bonds is 40. The first-order chi connectivity index (χ1) is 23.8. The highest BCUT2D eigenvalue weighted by Gasteiger charge is 2.24. The summed E-state index contributed by atoms with van der Waals surface area (Å²) in [5.74, 6) is 0. The van der Waals surface area contributed by atoms with Gasteiger partial charge in [0.1, 0.15) is 6.17 Å². The van der Waals surface area contributed by atoms with E-state index in [0.29, 0.717) is 6.17 Å². The summed E-state index contributed by atoms with van der Waals surface area (Å²) in [4.78, 5) is 5.47. The Balaban J connectivity index is 2.21. The summed E-state index contributed by atoms with van der Waals surface area (Å²) >= 11 is 0. The van der Waals surface area contributed by atoms with Crippen LogP contribution in [-0.4, -0.2) is 29.1 Å². The van der Waals surface area contributed by atoms with Crippen LogP contribution in [-0.2, 0) is 0 Å². The van der Waals surface area contributed by atoms with Gasteiger partial charge in [0.15, 0.2) is 0 Å². The molecular weight excluding hydrogens is 581 g/mol. The Labute approximate surface area is 305 Å². The van der Waals surface area contributed by atoms with Crippen LogP contribution >= 0.6 is 0 Å². The van der Waals surface area contributed by atoms with Gasteiger partial charge in [0.2, 0.25) is 0 Å². The first-order valence-electron chi connectivity index (χ1n) is 23.0. The molecule has 0 N–H and O–H groups in total. The second-order valence-electron chi connectivity index (χ2n) is 16.1. The lowest BCUT2D eigenvalue weighted by atomic mass is 10.0. The molecule has 0 amide bonds. The van der Waals surface area contributed by atoms with Crippen LogP contribution < -0.4 is 0 Å². The maximum atomic E-state index is 2.73. The molecule has 0 saturated heterocycles. The Morgan fingerprint density at radius 1 is 0.271 bits per heavy atom. The number of unbranched alkanes of at least 4 members (excludes halogenated alkanes) is 34. The second-order valence-corrected chi connectivity index (χ2v) is 16.1. The maximum absolute atomic E-state index is 2.73. The van der Waals surface area contributed by atoms with Crippen molar-refractivity contribution in [2.75, 3.05) is 13.1 Å². The van der Waals surface area contributed by atoms with Crippen molar-refractivity contribution in [3.63, 3.8) is 0 Å². The van der Waals surface area contributed by atoms with Crippen LogP contribution in [0, 0.1) is 0 Å². The molecule has 0 aromatic heterocycles. The van der Waals surface area contributed by atoms with Crippen LogP contribution in [0.25, 0.3) is 0 Å². The van der Waals surface area contributed by atoms with E-state index in [0.717, 1.165) is 0 Å². The second kappa shape index (κ2) is 37.6. The van der Waals surface area contributed by atoms with Crippen molar-refractivity contribution in [1.82, 2.24) is 9.80 Å². The lowest BCUT2D eigenvalue weighted by Gasteiger charge is -2.33. The van der Waals surface area contributed by atoms with Crippen molar-refractivity contribution in [2.24, 2.45) is 0 Å². The highest BCUT2D eigenvalue weighted by atomic mass is 15.4. The molecule has 0 saturated carbocycles. The summed E-state index contributed by atoms with van der Waals surface area (Å²) in [6.07, 6.45) is 60.4. The van der Waals surface area contributed by atoms with Gasteiger partial charge in [-0.2, -0.15) is 0 Å². The van der Waals surface area contributed by atoms with Crippen molar-refractivity contribution in [2.45, 2.75) is 271 Å². The highest BCUT2D eigenvalue weighted by molar-refractivity contribution is 4.97. The Morgan fingerprint density at radius 2 is 0.479 bits per heavy atom. The normalized spacial score (nSPS) is 14.6. The summed E-state index contributed by atoms with van der Waals surface area (Å²) < 4.78 is 0. The third kappa shape index (κ3) is 29.1. The minimum absolute atomic E-state index is 0.637. The van der Waals surface area contributed by atoms with Crippen LogP contribution in [0.1, 0.15) is 265 Å². The number of hydrogen-bond donors (Lipinski definition) is 0. The molecule has 0 radical (unpaired) electrons. The molecule has 48 heavy (non-hydrogen) atoms. The van der Waals surface area contributed by atoms with Crippen molar-refractivity contribution < 1.29 is 0 Å². The fourth-order valence-corrected chi connectivity index (χ4v) is 7.95. The van der Waals surface area contributed by atoms with Crippen LogP contribution in [0.5, 0.6) is 0 Å². The number of nitrogens with zero attached hydrogens (tertiary/aromatic N) is 2. The topological polar surface area (TPSA) is 6.48 Å². The lowest BCUT2D eigenvalue weighted by Crippen LogP contribution is -2.39. The summed E-state index contributed by atoms with van der Waals surface area (Å²) in [6, 6.07) is 0. The first kappa shape index (κ1) is 45.4. The van der Waals surface area contributed by atoms with Gasteiger partial charge in [-0.1, -0.05) is 239 Å². The lowest BCUT2D eigenvalue weighted by molar-refractivity contribution is 0.135. The standard InChI is InChI=1S/C46H92N2/c1-4-7-10-13-16-19-22-24-26-29-32-35-38-41-46-47(42-39-36-33-30-27-21-18-15-12-9-6-3)44-45-48(46)43-40-37-34-31-28-25-23-20-17-14-11-8-5-2/h44-46H,4-43H2,1-3H3. The van der Waals surface area contributed by atoms with E-state index in [9.17, 15) is 0 Å². The van der Waals surface area contributed by atoms with Gasteiger partial charge in [0.25, 0.3) is 0 Å². The minimum Gasteiger partial charge on any atom is -0.356 e. The summed E-state index contributed by atoms with van der Waals surface area (Å²) in [6.45, 7) is 9.49. The zero-order valence-corrected chi connectivity index (χ0v) is 33.9. The zero-order valence-electron chi connectivity index (χ0n) is 33.9. The molecule has 1 aliphatic rings. The molecule has 0 aliphatic carbocycles. The summed E-state index contributed by atoms with van der Waals surface area (Å²) in [5, 5.41) is 0. The van der Waals surface area contributed by atoms with Gasteiger partial charge < -0.3 is 9.80 Å². The fraction of sp³-hybridized carbons (Fsp3) is 0.957. The number of hydrogen-bond acceptors (Lipinski definition) is 2. The average molecular weight is 673 g/mol. The average Bonchev–Trinajstić information content (AvgIpc) is 3.48. The molecule has 286 valence electrons. The van der Waals surface area contributed by atoms with E-state index in [2.05, 4.69) is 43.0 Å². The van der Waals surface area contributed by atoms with Gasteiger partial charge >= 0.3 is 0 Å². The van der Waals surface area contributed by atoms with Gasteiger partial charge in [-0.25, -0.2) is 0 Å². The first-order valence-corrected chi connectivity index (χ1v) is 23.0. The smallest absolute Gasteiger partial charge is 0.101 e. The Morgan fingerprint density at radius 3 is 0.729 bits per heavy atom. The SMILES string of the molecule is CCCCCCCCCCCCCCCC1N(CCCCCCCCCCCCC)C=CN1CCCCCCCCCCCCCCC. The molecule has 1 heterocycles. The highest BCUT2D eigenvalue weighted by Crippen LogP contribution is 2.24. The van der Waals surface area contributed by atoms with E-state index in [1.165, 1.54) is 257 Å². The van der Waals surface area contributed by atoms with Crippen molar-refractivity contribution >= 4 is 0 Å². The van der Waals surface area contributed by atoms with Crippen LogP contribution in [0.3, 0.4) is 0 Å². The molecule has 1 atom stereocenters. The maximum Gasteiger partial charge on any atom is 0.101 e. The molecule has 1 unspecified atom stereocenters. The van der Waals surface area contributed by atoms with E-state index < -0.39 is 0 Å². The zero-order chi connectivity index (χ0) is 34.4. The molecule has 2 nitrogen and oxygen atoms in total. The third-order valence-corrected chi connectivity index (χ3v) is 11.3. The molecule has 0 spiro atoms. The minimum atomic E-state index is 0.637. The predicted molar refractivity (Wildman–Crippen MR) is 219 cm³/mol. The molecular formula is C46H92N2. The Bertz CT molecular complexity index is 630. The molecule has 0 fully saturated rings. The largest absolute Gasteiger partial charge is 0.356 e. The summed E-state index contributed by atoms with van der Waals surface area (Å²) in [5.41, 5.74) is 0. The van der Waals surface area contributed by atoms with Gasteiger partial charge in [-0.05, 0) is 25.7 Å². The van der Waals surface area contributed by atoms with E-state index in [1.807, 2.05) is 0 Å². The van der Waals surface area contributed by atoms with Crippen LogP contribution in [0.15, 0.2) is 12.4 Å². The van der Waals surface area contributed by atoms with E-state index in [-0.39, 0.29) is 0 Å². The quantitative estimate of drug-likeness (QED) is 0.0598.